The molecule has 378 valence electrons. The van der Waals surface area contributed by atoms with E-state index in [4.69, 9.17) is 4.98 Å². The van der Waals surface area contributed by atoms with Crippen molar-refractivity contribution in [2.45, 2.75) is 12.4 Å². The average Bonchev–Trinajstić information content (AvgIpc) is 3.91. The van der Waals surface area contributed by atoms with Gasteiger partial charge in [0, 0.05) is 53.9 Å². The predicted octanol–water partition coefficient (Wildman–Crippen LogP) is 18.6. The number of aromatic nitrogens is 6. The van der Waals surface area contributed by atoms with Gasteiger partial charge in [0.1, 0.15) is 17.1 Å². The maximum Gasteiger partial charge on any atom is 0.416 e. The van der Waals surface area contributed by atoms with Gasteiger partial charge in [-0.15, -0.1) is 0 Å². The van der Waals surface area contributed by atoms with Gasteiger partial charge in [-0.1, -0.05) is 158 Å². The molecule has 0 spiro atoms. The molecule has 0 bridgehead atoms. The minimum absolute atomic E-state index is 0.0423. The molecular weight excluding hydrogens is 1000 g/mol. The Hall–Kier alpha value is -10.1. The van der Waals surface area contributed by atoms with Crippen molar-refractivity contribution in [2.75, 3.05) is 0 Å². The Morgan fingerprint density at radius 2 is 0.443 bits per heavy atom. The molecule has 6 nitrogen and oxygen atoms in total. The zero-order chi connectivity index (χ0) is 53.1. The third-order valence-electron chi connectivity index (χ3n) is 15.9. The van der Waals surface area contributed by atoms with E-state index in [-0.39, 0.29) is 16.7 Å². The molecule has 0 radical (unpaired) electrons. The summed E-state index contributed by atoms with van der Waals surface area (Å²) in [7, 11) is 0. The molecule has 0 saturated heterocycles. The van der Waals surface area contributed by atoms with Gasteiger partial charge >= 0.3 is 12.4 Å². The molecule has 12 heteroatoms. The van der Waals surface area contributed by atoms with Gasteiger partial charge in [0.25, 0.3) is 0 Å². The molecule has 0 aliphatic carbocycles. The standard InChI is InChI=1S/C67H38F6N6/c68-66(69,70)39-33-35-49-50-36-34-40(67(71,72)73)38-60(50)77(59(49)37-39)61-62(75-51-25-9-1-17-41(51)42-18-2-10-26-52(42)75)64(78-55-29-13-5-21-45(55)46-22-6-14-30-56(46)78)74-65(79-57-31-15-7-23-47(57)48-24-8-16-32-58(48)79)63(61)76-53-27-11-3-19-43(53)44-20-4-12-28-54(44)76/h1-38H. The van der Waals surface area contributed by atoms with Crippen LogP contribution in [0, 0.1) is 0 Å². The van der Waals surface area contributed by atoms with Crippen LogP contribution < -0.4 is 0 Å². The van der Waals surface area contributed by atoms with Crippen molar-refractivity contribution in [1.29, 1.82) is 0 Å². The van der Waals surface area contributed by atoms with E-state index in [0.717, 1.165) is 111 Å². The molecule has 0 saturated carbocycles. The van der Waals surface area contributed by atoms with Crippen LogP contribution in [0.5, 0.6) is 0 Å². The summed E-state index contributed by atoms with van der Waals surface area (Å²) in [5.74, 6) is 0.739. The number of para-hydroxylation sites is 8. The number of alkyl halides is 6. The number of hydrogen-bond acceptors (Lipinski definition) is 1. The fourth-order valence-electron chi connectivity index (χ4n) is 12.7. The first-order valence-corrected chi connectivity index (χ1v) is 25.8. The summed E-state index contributed by atoms with van der Waals surface area (Å²) >= 11 is 0. The lowest BCUT2D eigenvalue weighted by Crippen LogP contribution is -2.19. The van der Waals surface area contributed by atoms with E-state index in [2.05, 4.69) is 42.5 Å². The Bertz CT molecular complexity index is 4720. The third-order valence-corrected chi connectivity index (χ3v) is 15.9. The Labute approximate surface area is 444 Å². The van der Waals surface area contributed by atoms with E-state index < -0.39 is 23.5 Å². The summed E-state index contributed by atoms with van der Waals surface area (Å²) in [6.07, 6.45) is -9.67. The average molecular weight is 1040 g/mol. The van der Waals surface area contributed by atoms with E-state index in [9.17, 15) is 0 Å². The number of benzene rings is 10. The van der Waals surface area contributed by atoms with Gasteiger partial charge in [0.05, 0.1) is 66.3 Å². The smallest absolute Gasteiger partial charge is 0.305 e. The number of fused-ring (bicyclic) bond motifs is 15. The number of halogens is 6. The highest BCUT2D eigenvalue weighted by molar-refractivity contribution is 6.17. The van der Waals surface area contributed by atoms with E-state index in [0.29, 0.717) is 33.8 Å². The van der Waals surface area contributed by atoms with Gasteiger partial charge in [-0.05, 0) is 72.8 Å². The van der Waals surface area contributed by atoms with Crippen molar-refractivity contribution in [3.05, 3.63) is 242 Å². The first-order chi connectivity index (χ1) is 38.5. The highest BCUT2D eigenvalue weighted by atomic mass is 19.4. The molecule has 10 aromatic carbocycles. The lowest BCUT2D eigenvalue weighted by atomic mass is 10.1. The van der Waals surface area contributed by atoms with Crippen LogP contribution in [0.2, 0.25) is 0 Å². The third kappa shape index (κ3) is 6.33. The zero-order valence-electron chi connectivity index (χ0n) is 41.4. The predicted molar refractivity (Wildman–Crippen MR) is 306 cm³/mol. The fraction of sp³-hybridized carbons (Fsp3) is 0.0299. The Balaban J connectivity index is 1.29. The quantitative estimate of drug-likeness (QED) is 0.158. The molecule has 0 N–H and O–H groups in total. The van der Waals surface area contributed by atoms with Gasteiger partial charge in [-0.25, -0.2) is 4.98 Å². The highest BCUT2D eigenvalue weighted by Crippen LogP contribution is 2.50. The normalized spacial score (nSPS) is 12.7. The second-order valence-corrected chi connectivity index (χ2v) is 20.1. The second-order valence-electron chi connectivity index (χ2n) is 20.1. The van der Waals surface area contributed by atoms with E-state index >= 15 is 26.3 Å². The lowest BCUT2D eigenvalue weighted by Gasteiger charge is -2.28. The maximum absolute atomic E-state index is 15.5. The number of nitrogens with zero attached hydrogens (tertiary/aromatic N) is 6. The van der Waals surface area contributed by atoms with Crippen LogP contribution in [0.1, 0.15) is 11.1 Å². The second kappa shape index (κ2) is 16.2. The molecule has 6 heterocycles. The van der Waals surface area contributed by atoms with Crippen LogP contribution in [-0.2, 0) is 12.4 Å². The van der Waals surface area contributed by atoms with Crippen molar-refractivity contribution in [3.63, 3.8) is 0 Å². The molecule has 16 aromatic rings. The Kier molecular flexibility index (Phi) is 9.28. The molecule has 0 amide bonds. The summed E-state index contributed by atoms with van der Waals surface area (Å²) in [5.41, 5.74) is 5.31. The van der Waals surface area contributed by atoms with Crippen molar-refractivity contribution in [3.8, 4) is 28.7 Å². The summed E-state index contributed by atoms with van der Waals surface area (Å²) in [5, 5.41) is 7.83. The molecular formula is C67H38F6N6. The minimum Gasteiger partial charge on any atom is -0.305 e. The summed E-state index contributed by atoms with van der Waals surface area (Å²) < 4.78 is 103. The van der Waals surface area contributed by atoms with Crippen LogP contribution in [0.4, 0.5) is 26.3 Å². The number of hydrogen-bond donors (Lipinski definition) is 0. The van der Waals surface area contributed by atoms with Crippen LogP contribution >= 0.6 is 0 Å². The molecule has 16 rings (SSSR count). The lowest BCUT2D eigenvalue weighted by molar-refractivity contribution is -0.138. The summed E-state index contributed by atoms with van der Waals surface area (Å²) in [6, 6.07) is 70.8. The number of pyridine rings is 1. The Morgan fingerprint density at radius 1 is 0.228 bits per heavy atom. The summed E-state index contributed by atoms with van der Waals surface area (Å²) in [6.45, 7) is 0. The van der Waals surface area contributed by atoms with Crippen molar-refractivity contribution in [1.82, 2.24) is 27.8 Å². The van der Waals surface area contributed by atoms with Gasteiger partial charge < -0.3 is 13.7 Å². The van der Waals surface area contributed by atoms with Crippen LogP contribution in [0.25, 0.3) is 138 Å². The van der Waals surface area contributed by atoms with Gasteiger partial charge in [0.2, 0.25) is 0 Å². The van der Waals surface area contributed by atoms with Crippen molar-refractivity contribution < 1.29 is 26.3 Å². The van der Waals surface area contributed by atoms with Crippen molar-refractivity contribution in [2.24, 2.45) is 0 Å². The van der Waals surface area contributed by atoms with Crippen LogP contribution in [0.3, 0.4) is 0 Å². The van der Waals surface area contributed by atoms with Crippen molar-refractivity contribution >= 4 is 109 Å². The highest BCUT2D eigenvalue weighted by Gasteiger charge is 2.37. The van der Waals surface area contributed by atoms with Crippen LogP contribution in [-0.4, -0.2) is 27.8 Å². The largest absolute Gasteiger partial charge is 0.416 e. The monoisotopic (exact) mass is 1040 g/mol. The molecule has 0 atom stereocenters. The summed E-state index contributed by atoms with van der Waals surface area (Å²) in [4.78, 5) is 6.15. The number of rotatable bonds is 5. The van der Waals surface area contributed by atoms with E-state index in [1.807, 2.05) is 170 Å². The molecule has 79 heavy (non-hydrogen) atoms. The molecule has 0 aliphatic rings. The minimum atomic E-state index is -4.83. The molecule has 6 aromatic heterocycles. The van der Waals surface area contributed by atoms with Gasteiger partial charge in [-0.3, -0.25) is 9.13 Å². The molecule has 0 aliphatic heterocycles. The van der Waals surface area contributed by atoms with E-state index in [1.54, 1.807) is 4.57 Å². The zero-order valence-corrected chi connectivity index (χ0v) is 41.4. The maximum atomic E-state index is 15.5. The van der Waals surface area contributed by atoms with Crippen LogP contribution in [0.15, 0.2) is 231 Å². The van der Waals surface area contributed by atoms with E-state index in [1.165, 1.54) is 12.1 Å². The molecule has 0 unspecified atom stereocenters. The SMILES string of the molecule is FC(F)(F)c1ccc2c3ccc(C(F)(F)F)cc3n(-c3c(-n4c5ccccc5c5ccccc54)c(-n4c5ccccc5c5ccccc54)nc(-n4c5ccccc5c5ccccc54)c3-n3c4ccccc4c4ccccc43)c2c1. The first-order valence-electron chi connectivity index (χ1n) is 25.8. The van der Waals surface area contributed by atoms with Gasteiger partial charge in [-0.2, -0.15) is 26.3 Å². The van der Waals surface area contributed by atoms with Gasteiger partial charge in [0.15, 0.2) is 11.6 Å². The molecule has 0 fully saturated rings. The fourth-order valence-corrected chi connectivity index (χ4v) is 12.7. The Morgan fingerprint density at radius 3 is 0.696 bits per heavy atom. The topological polar surface area (TPSA) is 37.5 Å². The first kappa shape index (κ1) is 45.2.